The van der Waals surface area contributed by atoms with E-state index in [0.29, 0.717) is 23.2 Å². The van der Waals surface area contributed by atoms with Crippen LogP contribution in [0.5, 0.6) is 11.5 Å². The molecule has 0 aliphatic rings. The highest BCUT2D eigenvalue weighted by molar-refractivity contribution is 5.60. The van der Waals surface area contributed by atoms with Gasteiger partial charge in [0.2, 0.25) is 11.7 Å². The molecule has 0 atom stereocenters. The molecule has 0 aliphatic heterocycles. The minimum absolute atomic E-state index is 0.561. The molecule has 0 amide bonds. The summed E-state index contributed by atoms with van der Waals surface area (Å²) in [6.07, 6.45) is 1.73. The van der Waals surface area contributed by atoms with Crippen LogP contribution in [0.4, 0.5) is 0 Å². The number of rotatable bonds is 7. The van der Waals surface area contributed by atoms with Crippen LogP contribution in [-0.2, 0) is 6.42 Å². The topological polar surface area (TPSA) is 69.4 Å². The van der Waals surface area contributed by atoms with Gasteiger partial charge in [0, 0.05) is 12.0 Å². The molecular weight excluding hydrogens is 258 g/mol. The molecule has 2 aromatic rings. The summed E-state index contributed by atoms with van der Waals surface area (Å²) in [6.45, 7) is 0.925. The number of benzene rings is 1. The van der Waals surface area contributed by atoms with Gasteiger partial charge in [-0.05, 0) is 38.2 Å². The molecule has 6 heteroatoms. The summed E-state index contributed by atoms with van der Waals surface area (Å²) in [6, 6.07) is 5.54. The van der Waals surface area contributed by atoms with E-state index in [2.05, 4.69) is 15.5 Å². The number of methoxy groups -OCH3 is 2. The van der Waals surface area contributed by atoms with Crippen LogP contribution < -0.4 is 14.8 Å². The number of aryl methyl sites for hydroxylation is 1. The molecule has 0 spiro atoms. The number of nitrogens with zero attached hydrogens (tertiary/aromatic N) is 2. The van der Waals surface area contributed by atoms with Crippen LogP contribution in [0.2, 0.25) is 0 Å². The van der Waals surface area contributed by atoms with E-state index in [1.54, 1.807) is 14.2 Å². The van der Waals surface area contributed by atoms with Crippen molar-refractivity contribution in [3.63, 3.8) is 0 Å². The van der Waals surface area contributed by atoms with Gasteiger partial charge in [-0.25, -0.2) is 0 Å². The van der Waals surface area contributed by atoms with E-state index in [1.807, 2.05) is 25.2 Å². The number of aromatic nitrogens is 2. The standard InChI is InChI=1S/C14H19N3O3/c1-15-8-4-5-13-16-14(17-20-13)10-6-7-11(18-2)12(9-10)19-3/h6-7,9,15H,4-5,8H2,1-3H3. The van der Waals surface area contributed by atoms with Gasteiger partial charge in [-0.2, -0.15) is 4.98 Å². The van der Waals surface area contributed by atoms with E-state index >= 15 is 0 Å². The summed E-state index contributed by atoms with van der Waals surface area (Å²) in [5.41, 5.74) is 0.839. The van der Waals surface area contributed by atoms with Crippen LogP contribution in [0.25, 0.3) is 11.4 Å². The van der Waals surface area contributed by atoms with E-state index in [4.69, 9.17) is 14.0 Å². The van der Waals surface area contributed by atoms with Crippen molar-refractivity contribution in [3.05, 3.63) is 24.1 Å². The molecule has 20 heavy (non-hydrogen) atoms. The highest BCUT2D eigenvalue weighted by atomic mass is 16.5. The molecule has 0 saturated carbocycles. The molecule has 0 fully saturated rings. The molecule has 0 bridgehead atoms. The zero-order valence-corrected chi connectivity index (χ0v) is 12.0. The van der Waals surface area contributed by atoms with Gasteiger partial charge < -0.3 is 19.3 Å². The van der Waals surface area contributed by atoms with Crippen LogP contribution in [0.3, 0.4) is 0 Å². The second kappa shape index (κ2) is 6.91. The van der Waals surface area contributed by atoms with Gasteiger partial charge >= 0.3 is 0 Å². The maximum atomic E-state index is 5.27. The third-order valence-corrected chi connectivity index (χ3v) is 2.93. The Morgan fingerprint density at radius 2 is 2.00 bits per heavy atom. The van der Waals surface area contributed by atoms with Crippen molar-refractivity contribution >= 4 is 0 Å². The summed E-state index contributed by atoms with van der Waals surface area (Å²) in [4.78, 5) is 4.38. The Balaban J connectivity index is 2.15. The fraction of sp³-hybridized carbons (Fsp3) is 0.429. The fourth-order valence-electron chi connectivity index (χ4n) is 1.87. The highest BCUT2D eigenvalue weighted by Crippen LogP contribution is 2.31. The van der Waals surface area contributed by atoms with Gasteiger partial charge in [-0.3, -0.25) is 0 Å². The number of hydrogen-bond acceptors (Lipinski definition) is 6. The quantitative estimate of drug-likeness (QED) is 0.780. The monoisotopic (exact) mass is 277 g/mol. The molecule has 0 saturated heterocycles. The number of ether oxygens (including phenoxy) is 2. The second-order valence-electron chi connectivity index (χ2n) is 4.29. The molecule has 0 unspecified atom stereocenters. The molecule has 108 valence electrons. The molecule has 0 aliphatic carbocycles. The zero-order valence-electron chi connectivity index (χ0n) is 12.0. The van der Waals surface area contributed by atoms with Gasteiger partial charge in [-0.1, -0.05) is 5.16 Å². The first kappa shape index (κ1) is 14.3. The Labute approximate surface area is 118 Å². The first-order valence-electron chi connectivity index (χ1n) is 6.48. The minimum atomic E-state index is 0.561. The average Bonchev–Trinajstić information content (AvgIpc) is 2.95. The molecule has 2 rings (SSSR count). The molecule has 0 radical (unpaired) electrons. The summed E-state index contributed by atoms with van der Waals surface area (Å²) >= 11 is 0. The third kappa shape index (κ3) is 3.27. The van der Waals surface area contributed by atoms with E-state index in [-0.39, 0.29) is 0 Å². The maximum absolute atomic E-state index is 5.27. The summed E-state index contributed by atoms with van der Waals surface area (Å²) < 4.78 is 15.7. The van der Waals surface area contributed by atoms with Crippen LogP contribution in [0, 0.1) is 0 Å². The van der Waals surface area contributed by atoms with Gasteiger partial charge in [0.1, 0.15) is 0 Å². The lowest BCUT2D eigenvalue weighted by Gasteiger charge is -2.07. The van der Waals surface area contributed by atoms with Crippen molar-refractivity contribution < 1.29 is 14.0 Å². The van der Waals surface area contributed by atoms with Crippen molar-refractivity contribution in [3.8, 4) is 22.9 Å². The van der Waals surface area contributed by atoms with Gasteiger partial charge in [-0.15, -0.1) is 0 Å². The van der Waals surface area contributed by atoms with Crippen molar-refractivity contribution in [2.75, 3.05) is 27.8 Å². The molecule has 1 heterocycles. The first-order chi connectivity index (χ1) is 9.78. The van der Waals surface area contributed by atoms with Crippen molar-refractivity contribution in [1.82, 2.24) is 15.5 Å². The Bertz CT molecular complexity index is 554. The first-order valence-corrected chi connectivity index (χ1v) is 6.48. The smallest absolute Gasteiger partial charge is 0.227 e. The van der Waals surface area contributed by atoms with Crippen LogP contribution in [0.15, 0.2) is 22.7 Å². The maximum Gasteiger partial charge on any atom is 0.227 e. The van der Waals surface area contributed by atoms with Crippen LogP contribution in [-0.4, -0.2) is 38.0 Å². The molecule has 6 nitrogen and oxygen atoms in total. The van der Waals surface area contributed by atoms with E-state index < -0.39 is 0 Å². The minimum Gasteiger partial charge on any atom is -0.493 e. The lowest BCUT2D eigenvalue weighted by Crippen LogP contribution is -2.08. The van der Waals surface area contributed by atoms with Gasteiger partial charge in [0.05, 0.1) is 14.2 Å². The summed E-state index contributed by atoms with van der Waals surface area (Å²) in [5.74, 6) is 2.52. The van der Waals surface area contributed by atoms with Gasteiger partial charge in [0.15, 0.2) is 11.5 Å². The SMILES string of the molecule is CNCCCc1nc(-c2ccc(OC)c(OC)c2)no1. The van der Waals surface area contributed by atoms with Crippen molar-refractivity contribution in [1.29, 1.82) is 0 Å². The van der Waals surface area contributed by atoms with E-state index in [9.17, 15) is 0 Å². The largest absolute Gasteiger partial charge is 0.493 e. The average molecular weight is 277 g/mol. The zero-order chi connectivity index (χ0) is 14.4. The van der Waals surface area contributed by atoms with Gasteiger partial charge in [0.25, 0.3) is 0 Å². The highest BCUT2D eigenvalue weighted by Gasteiger charge is 2.11. The van der Waals surface area contributed by atoms with E-state index in [0.717, 1.165) is 24.9 Å². The lowest BCUT2D eigenvalue weighted by molar-refractivity contribution is 0.355. The molecule has 1 aromatic heterocycles. The predicted octanol–water partition coefficient (Wildman–Crippen LogP) is 1.91. The predicted molar refractivity (Wildman–Crippen MR) is 75.1 cm³/mol. The van der Waals surface area contributed by atoms with Crippen LogP contribution in [0.1, 0.15) is 12.3 Å². The third-order valence-electron chi connectivity index (χ3n) is 2.93. The lowest BCUT2D eigenvalue weighted by atomic mass is 10.2. The number of hydrogen-bond donors (Lipinski definition) is 1. The van der Waals surface area contributed by atoms with Crippen molar-refractivity contribution in [2.24, 2.45) is 0 Å². The van der Waals surface area contributed by atoms with E-state index in [1.165, 1.54) is 0 Å². The Morgan fingerprint density at radius 3 is 2.70 bits per heavy atom. The molecular formula is C14H19N3O3. The Hall–Kier alpha value is -2.08. The Kier molecular flexibility index (Phi) is 4.95. The van der Waals surface area contributed by atoms with Crippen LogP contribution >= 0.6 is 0 Å². The van der Waals surface area contributed by atoms with Crippen molar-refractivity contribution in [2.45, 2.75) is 12.8 Å². The second-order valence-corrected chi connectivity index (χ2v) is 4.29. The normalized spacial score (nSPS) is 10.6. The Morgan fingerprint density at radius 1 is 1.20 bits per heavy atom. The molecule has 1 aromatic carbocycles. The molecule has 1 N–H and O–H groups in total. The number of nitrogens with one attached hydrogen (secondary N) is 1. The summed E-state index contributed by atoms with van der Waals surface area (Å²) in [7, 11) is 5.12. The fourth-order valence-corrected chi connectivity index (χ4v) is 1.87. The summed E-state index contributed by atoms with van der Waals surface area (Å²) in [5, 5.41) is 7.08.